The highest BCUT2D eigenvalue weighted by molar-refractivity contribution is 7.62. The van der Waals surface area contributed by atoms with Crippen LogP contribution in [-0.2, 0) is 13.6 Å². The summed E-state index contributed by atoms with van der Waals surface area (Å²) in [6.07, 6.45) is 0. The third-order valence-electron chi connectivity index (χ3n) is 3.16. The maximum atomic E-state index is 12.9. The second-order valence-corrected chi connectivity index (χ2v) is 6.65. The zero-order valence-corrected chi connectivity index (χ0v) is 13.5. The zero-order chi connectivity index (χ0) is 15.6. The van der Waals surface area contributed by atoms with E-state index in [1.807, 2.05) is 19.1 Å². The summed E-state index contributed by atoms with van der Waals surface area (Å²) in [5.41, 5.74) is 1.36. The van der Waals surface area contributed by atoms with Gasteiger partial charge < -0.3 is 13.5 Å². The Morgan fingerprint density at radius 1 is 1.14 bits per heavy atom. The van der Waals surface area contributed by atoms with Crippen LogP contribution in [0.3, 0.4) is 0 Å². The van der Waals surface area contributed by atoms with Crippen molar-refractivity contribution in [2.75, 3.05) is 13.2 Å². The molecule has 114 valence electrons. The van der Waals surface area contributed by atoms with Gasteiger partial charge in [0.2, 0.25) is 0 Å². The summed E-state index contributed by atoms with van der Waals surface area (Å²) in [6.45, 7) is 7.41. The molecule has 0 aliphatic carbocycles. The Kier molecular flexibility index (Phi) is 4.67. The van der Waals surface area contributed by atoms with Gasteiger partial charge in [-0.15, -0.1) is 0 Å². The van der Waals surface area contributed by atoms with E-state index < -0.39 is 13.2 Å². The van der Waals surface area contributed by atoms with Gasteiger partial charge in [-0.25, -0.2) is 4.79 Å². The first kappa shape index (κ1) is 16.0. The van der Waals surface area contributed by atoms with Gasteiger partial charge in [-0.05, 0) is 44.9 Å². The van der Waals surface area contributed by atoms with E-state index in [4.69, 9.17) is 13.5 Å². The molecule has 1 heterocycles. The fourth-order valence-corrected chi connectivity index (χ4v) is 4.09. The van der Waals surface area contributed by atoms with E-state index in [1.54, 1.807) is 26.8 Å². The van der Waals surface area contributed by atoms with Crippen LogP contribution in [0.4, 0.5) is 0 Å². The van der Waals surface area contributed by atoms with E-state index in [2.05, 4.69) is 0 Å². The Morgan fingerprint density at radius 2 is 1.76 bits per heavy atom. The van der Waals surface area contributed by atoms with Gasteiger partial charge in [0.05, 0.1) is 13.2 Å². The topological polar surface area (TPSA) is 65.7 Å². The third kappa shape index (κ3) is 2.95. The van der Waals surface area contributed by atoms with Crippen LogP contribution in [0.25, 0.3) is 11.0 Å². The Morgan fingerprint density at radius 3 is 2.33 bits per heavy atom. The predicted molar refractivity (Wildman–Crippen MR) is 82.5 cm³/mol. The summed E-state index contributed by atoms with van der Waals surface area (Å²) in [7, 11) is -3.67. The molecule has 0 fully saturated rings. The number of rotatable bonds is 5. The van der Waals surface area contributed by atoms with Gasteiger partial charge in [0, 0.05) is 5.39 Å². The van der Waals surface area contributed by atoms with Crippen molar-refractivity contribution in [2.45, 2.75) is 27.7 Å². The van der Waals surface area contributed by atoms with Gasteiger partial charge in [-0.2, -0.15) is 0 Å². The van der Waals surface area contributed by atoms with Gasteiger partial charge in [-0.1, -0.05) is 12.1 Å². The van der Waals surface area contributed by atoms with Crippen LogP contribution in [0.5, 0.6) is 0 Å². The summed E-state index contributed by atoms with van der Waals surface area (Å²) in [5.74, 6) is 0. The zero-order valence-electron chi connectivity index (χ0n) is 12.6. The molecule has 21 heavy (non-hydrogen) atoms. The van der Waals surface area contributed by atoms with Crippen LogP contribution in [0.15, 0.2) is 27.4 Å². The summed E-state index contributed by atoms with van der Waals surface area (Å²) < 4.78 is 28.7. The predicted octanol–water partition coefficient (Wildman–Crippen LogP) is 3.30. The molecule has 0 unspecified atom stereocenters. The van der Waals surface area contributed by atoms with E-state index in [1.165, 1.54) is 0 Å². The van der Waals surface area contributed by atoms with Crippen LogP contribution >= 0.6 is 7.60 Å². The molecule has 1 aromatic heterocycles. The molecule has 0 bridgehead atoms. The minimum atomic E-state index is -3.67. The highest BCUT2D eigenvalue weighted by Gasteiger charge is 2.34. The smallest absolute Gasteiger partial charge is 0.368 e. The van der Waals surface area contributed by atoms with Crippen molar-refractivity contribution in [2.24, 2.45) is 0 Å². The average Bonchev–Trinajstić information content (AvgIpc) is 2.38. The summed E-state index contributed by atoms with van der Waals surface area (Å²) >= 11 is 0. The first-order valence-electron chi connectivity index (χ1n) is 6.86. The Labute approximate surface area is 123 Å². The number of aryl methyl sites for hydroxylation is 2. The molecule has 1 aromatic carbocycles. The van der Waals surface area contributed by atoms with Crippen molar-refractivity contribution in [3.63, 3.8) is 0 Å². The molecule has 2 rings (SSSR count). The van der Waals surface area contributed by atoms with Crippen LogP contribution < -0.4 is 10.9 Å². The average molecular weight is 310 g/mol. The van der Waals surface area contributed by atoms with Crippen molar-refractivity contribution in [1.29, 1.82) is 0 Å². The molecule has 5 nitrogen and oxygen atoms in total. The van der Waals surface area contributed by atoms with Crippen LogP contribution in [0, 0.1) is 13.8 Å². The molecule has 0 amide bonds. The van der Waals surface area contributed by atoms with Crippen LogP contribution in [-0.4, -0.2) is 13.2 Å². The van der Waals surface area contributed by atoms with Crippen molar-refractivity contribution in [1.82, 2.24) is 0 Å². The second-order valence-electron chi connectivity index (χ2n) is 4.70. The van der Waals surface area contributed by atoms with Gasteiger partial charge in [0.25, 0.3) is 0 Å². The quantitative estimate of drug-likeness (QED) is 0.626. The first-order chi connectivity index (χ1) is 9.92. The lowest BCUT2D eigenvalue weighted by Crippen LogP contribution is -2.29. The molecule has 0 aliphatic rings. The summed E-state index contributed by atoms with van der Waals surface area (Å²) in [5, 5.41) is 0.720. The fourth-order valence-electron chi connectivity index (χ4n) is 2.28. The SMILES string of the molecule is CCOP(=O)(OCC)c1c(C)c2ccc(C)cc2oc1=O. The van der Waals surface area contributed by atoms with E-state index in [0.717, 1.165) is 10.9 Å². The van der Waals surface area contributed by atoms with E-state index >= 15 is 0 Å². The molecule has 6 heteroatoms. The molecular weight excluding hydrogens is 291 g/mol. The van der Waals surface area contributed by atoms with Gasteiger partial charge in [0.15, 0.2) is 5.30 Å². The molecule has 0 radical (unpaired) electrons. The molecule has 0 atom stereocenters. The molecule has 2 aromatic rings. The van der Waals surface area contributed by atoms with Crippen LogP contribution in [0.1, 0.15) is 25.0 Å². The lowest BCUT2D eigenvalue weighted by Gasteiger charge is -2.18. The number of hydrogen-bond acceptors (Lipinski definition) is 5. The number of benzene rings is 1. The molecule has 0 saturated carbocycles. The summed E-state index contributed by atoms with van der Waals surface area (Å²) in [4.78, 5) is 12.3. The number of fused-ring (bicyclic) bond motifs is 1. The summed E-state index contributed by atoms with van der Waals surface area (Å²) in [6, 6.07) is 5.53. The largest absolute Gasteiger partial charge is 0.422 e. The monoisotopic (exact) mass is 310 g/mol. The van der Waals surface area contributed by atoms with Crippen molar-refractivity contribution in [3.05, 3.63) is 39.7 Å². The Bertz CT molecular complexity index is 752. The van der Waals surface area contributed by atoms with Crippen molar-refractivity contribution < 1.29 is 18.0 Å². The lowest BCUT2D eigenvalue weighted by molar-refractivity contribution is 0.229. The maximum Gasteiger partial charge on any atom is 0.368 e. The van der Waals surface area contributed by atoms with Crippen LogP contribution in [0.2, 0.25) is 0 Å². The van der Waals surface area contributed by atoms with Crippen molar-refractivity contribution in [3.8, 4) is 0 Å². The molecular formula is C15H19O5P. The van der Waals surface area contributed by atoms with Crippen molar-refractivity contribution >= 4 is 23.9 Å². The maximum absolute atomic E-state index is 12.9. The standard InChI is InChI=1S/C15H19O5P/c1-5-18-21(17,19-6-2)14-11(4)12-8-7-10(3)9-13(12)20-15(14)16/h7-9H,5-6H2,1-4H3. The second kappa shape index (κ2) is 6.14. The minimum Gasteiger partial charge on any atom is -0.422 e. The van der Waals surface area contributed by atoms with Gasteiger partial charge >= 0.3 is 13.2 Å². The minimum absolute atomic E-state index is 0.0115. The highest BCUT2D eigenvalue weighted by atomic mass is 31.2. The molecule has 0 N–H and O–H groups in total. The first-order valence-corrected chi connectivity index (χ1v) is 8.41. The van der Waals surface area contributed by atoms with Gasteiger partial charge in [0.1, 0.15) is 5.58 Å². The van der Waals surface area contributed by atoms with Gasteiger partial charge in [-0.3, -0.25) is 4.57 Å². The molecule has 0 saturated heterocycles. The highest BCUT2D eigenvalue weighted by Crippen LogP contribution is 2.47. The Hall–Kier alpha value is -1.42. The Balaban J connectivity index is 2.77. The van der Waals surface area contributed by atoms with E-state index in [9.17, 15) is 9.36 Å². The number of hydrogen-bond donors (Lipinski definition) is 0. The van der Waals surface area contributed by atoms with E-state index in [0.29, 0.717) is 11.1 Å². The lowest BCUT2D eigenvalue weighted by atomic mass is 10.1. The van der Waals surface area contributed by atoms with E-state index in [-0.39, 0.29) is 18.5 Å². The molecule has 0 aliphatic heterocycles. The fraction of sp³-hybridized carbons (Fsp3) is 0.400. The molecule has 0 spiro atoms. The third-order valence-corrected chi connectivity index (χ3v) is 5.43. The normalized spacial score (nSPS) is 12.0.